The molecule has 1 aromatic rings. The molecule has 2 aliphatic rings. The second-order valence-electron chi connectivity index (χ2n) is 7.20. The van der Waals surface area contributed by atoms with Gasteiger partial charge < -0.3 is 15.0 Å². The van der Waals surface area contributed by atoms with E-state index < -0.39 is 5.54 Å². The van der Waals surface area contributed by atoms with E-state index in [1.165, 1.54) is 24.3 Å². The summed E-state index contributed by atoms with van der Waals surface area (Å²) in [5, 5.41) is 3.08. The van der Waals surface area contributed by atoms with Gasteiger partial charge in [-0.2, -0.15) is 0 Å². The Labute approximate surface area is 147 Å². The lowest BCUT2D eigenvalue weighted by atomic mass is 9.94. The molecule has 1 heterocycles. The van der Waals surface area contributed by atoms with Crippen LogP contribution in [-0.2, 0) is 9.53 Å². The summed E-state index contributed by atoms with van der Waals surface area (Å²) in [5.41, 5.74) is -0.0679. The average Bonchev–Trinajstić information content (AvgIpc) is 3.31. The third kappa shape index (κ3) is 4.57. The van der Waals surface area contributed by atoms with Gasteiger partial charge in [0.05, 0.1) is 5.54 Å². The van der Waals surface area contributed by atoms with Crippen molar-refractivity contribution in [2.24, 2.45) is 5.92 Å². The summed E-state index contributed by atoms with van der Waals surface area (Å²) in [7, 11) is 1.63. The van der Waals surface area contributed by atoms with Gasteiger partial charge in [0.25, 0.3) is 5.91 Å². The average molecular weight is 348 g/mol. The number of nitrogens with one attached hydrogen (secondary N) is 1. The molecule has 0 bridgehead atoms. The maximum Gasteiger partial charge on any atom is 0.251 e. The monoisotopic (exact) mass is 348 g/mol. The second kappa shape index (κ2) is 7.52. The fourth-order valence-corrected chi connectivity index (χ4v) is 3.36. The molecular formula is C19H25FN2O3. The number of likely N-dealkylation sites (tertiary alicyclic amines) is 1. The van der Waals surface area contributed by atoms with Crippen LogP contribution in [-0.4, -0.2) is 49.1 Å². The quantitative estimate of drug-likeness (QED) is 0.823. The largest absolute Gasteiger partial charge is 0.385 e. The molecule has 2 amide bonds. The van der Waals surface area contributed by atoms with E-state index in [0.717, 1.165) is 12.8 Å². The van der Waals surface area contributed by atoms with Crippen LogP contribution in [0.5, 0.6) is 0 Å². The van der Waals surface area contributed by atoms with Crippen molar-refractivity contribution >= 4 is 11.8 Å². The maximum atomic E-state index is 13.1. The molecule has 5 nitrogen and oxygen atoms in total. The van der Waals surface area contributed by atoms with Crippen LogP contribution >= 0.6 is 0 Å². The van der Waals surface area contributed by atoms with Gasteiger partial charge in [-0.05, 0) is 55.9 Å². The Hall–Kier alpha value is -1.95. The lowest BCUT2D eigenvalue weighted by Gasteiger charge is -2.30. The van der Waals surface area contributed by atoms with Crippen LogP contribution in [0.2, 0.25) is 0 Å². The normalized spacial score (nSPS) is 22.9. The molecular weight excluding hydrogens is 323 g/mol. The Kier molecular flexibility index (Phi) is 5.37. The van der Waals surface area contributed by atoms with Crippen LogP contribution in [0, 0.1) is 11.7 Å². The number of nitrogens with zero attached hydrogens (tertiary/aromatic N) is 1. The van der Waals surface area contributed by atoms with Crippen molar-refractivity contribution in [3.8, 4) is 0 Å². The molecule has 1 N–H and O–H groups in total. The van der Waals surface area contributed by atoms with Gasteiger partial charge in [0.15, 0.2) is 0 Å². The van der Waals surface area contributed by atoms with E-state index in [4.69, 9.17) is 4.74 Å². The highest BCUT2D eigenvalue weighted by atomic mass is 19.1. The SMILES string of the molecule is COCCC1(NC(=O)c2ccc(F)cc2)CCN(C(=O)CC2CC2)C1. The molecule has 0 radical (unpaired) electrons. The highest BCUT2D eigenvalue weighted by Crippen LogP contribution is 2.34. The maximum absolute atomic E-state index is 13.1. The van der Waals surface area contributed by atoms with Crippen LogP contribution in [0.4, 0.5) is 4.39 Å². The Bertz CT molecular complexity index is 630. The highest BCUT2D eigenvalue weighted by molar-refractivity contribution is 5.94. The predicted octanol–water partition coefficient (Wildman–Crippen LogP) is 2.36. The van der Waals surface area contributed by atoms with Gasteiger partial charge in [0.2, 0.25) is 5.91 Å². The first-order chi connectivity index (χ1) is 12.0. The number of carbonyl (C=O) groups excluding carboxylic acids is 2. The van der Waals surface area contributed by atoms with Crippen molar-refractivity contribution in [1.29, 1.82) is 0 Å². The minimum absolute atomic E-state index is 0.179. The molecule has 1 aliphatic carbocycles. The number of rotatable bonds is 7. The Morgan fingerprint density at radius 3 is 2.68 bits per heavy atom. The minimum Gasteiger partial charge on any atom is -0.385 e. The number of hydrogen-bond donors (Lipinski definition) is 1. The molecule has 1 saturated carbocycles. The van der Waals surface area contributed by atoms with Gasteiger partial charge in [-0.1, -0.05) is 0 Å². The van der Waals surface area contributed by atoms with Crippen molar-refractivity contribution in [3.63, 3.8) is 0 Å². The topological polar surface area (TPSA) is 58.6 Å². The number of carbonyl (C=O) groups is 2. The van der Waals surface area contributed by atoms with Crippen LogP contribution in [0.1, 0.15) is 42.5 Å². The molecule has 0 spiro atoms. The summed E-state index contributed by atoms with van der Waals surface area (Å²) >= 11 is 0. The van der Waals surface area contributed by atoms with E-state index >= 15 is 0 Å². The molecule has 1 atom stereocenters. The Morgan fingerprint density at radius 1 is 1.32 bits per heavy atom. The van der Waals surface area contributed by atoms with Gasteiger partial charge in [-0.25, -0.2) is 4.39 Å². The molecule has 136 valence electrons. The van der Waals surface area contributed by atoms with Gasteiger partial charge in [0.1, 0.15) is 5.82 Å². The molecule has 25 heavy (non-hydrogen) atoms. The van der Waals surface area contributed by atoms with Crippen LogP contribution in [0.15, 0.2) is 24.3 Å². The van der Waals surface area contributed by atoms with E-state index in [9.17, 15) is 14.0 Å². The summed E-state index contributed by atoms with van der Waals surface area (Å²) < 4.78 is 18.3. The van der Waals surface area contributed by atoms with E-state index in [1.54, 1.807) is 7.11 Å². The summed E-state index contributed by atoms with van der Waals surface area (Å²) in [5.74, 6) is 0.115. The fraction of sp³-hybridized carbons (Fsp3) is 0.579. The smallest absolute Gasteiger partial charge is 0.251 e. The first-order valence-electron chi connectivity index (χ1n) is 8.86. The number of amides is 2. The van der Waals surface area contributed by atoms with Gasteiger partial charge in [0, 0.05) is 38.8 Å². The van der Waals surface area contributed by atoms with E-state index in [0.29, 0.717) is 50.4 Å². The number of ether oxygens (including phenoxy) is 1. The lowest BCUT2D eigenvalue weighted by molar-refractivity contribution is -0.130. The van der Waals surface area contributed by atoms with Gasteiger partial charge in [-0.3, -0.25) is 9.59 Å². The Balaban J connectivity index is 1.67. The Morgan fingerprint density at radius 2 is 2.04 bits per heavy atom. The standard InChI is InChI=1S/C19H25FN2O3/c1-25-11-9-19(21-18(24)15-4-6-16(20)7-5-15)8-10-22(13-19)17(23)12-14-2-3-14/h4-7,14H,2-3,8-13H2,1H3,(H,21,24). The van der Waals surface area contributed by atoms with E-state index in [1.807, 2.05) is 4.90 Å². The van der Waals surface area contributed by atoms with Crippen molar-refractivity contribution in [2.75, 3.05) is 26.8 Å². The number of halogens is 1. The van der Waals surface area contributed by atoms with Crippen LogP contribution in [0.25, 0.3) is 0 Å². The van der Waals surface area contributed by atoms with E-state index in [-0.39, 0.29) is 17.6 Å². The van der Waals surface area contributed by atoms with Crippen molar-refractivity contribution in [3.05, 3.63) is 35.6 Å². The van der Waals surface area contributed by atoms with E-state index in [2.05, 4.69) is 5.32 Å². The fourth-order valence-electron chi connectivity index (χ4n) is 3.36. The zero-order chi connectivity index (χ0) is 17.9. The third-order valence-electron chi connectivity index (χ3n) is 5.14. The zero-order valence-corrected chi connectivity index (χ0v) is 14.6. The minimum atomic E-state index is -0.485. The molecule has 1 aliphatic heterocycles. The summed E-state index contributed by atoms with van der Waals surface area (Å²) in [6.07, 6.45) is 4.26. The van der Waals surface area contributed by atoms with Crippen LogP contribution < -0.4 is 5.32 Å². The molecule has 2 fully saturated rings. The molecule has 6 heteroatoms. The highest BCUT2D eigenvalue weighted by Gasteiger charge is 2.41. The predicted molar refractivity (Wildman–Crippen MR) is 91.6 cm³/mol. The summed E-state index contributed by atoms with van der Waals surface area (Å²) in [4.78, 5) is 26.8. The molecule has 0 aromatic heterocycles. The first-order valence-corrected chi connectivity index (χ1v) is 8.86. The second-order valence-corrected chi connectivity index (χ2v) is 7.20. The van der Waals surface area contributed by atoms with Crippen molar-refractivity contribution in [2.45, 2.75) is 37.6 Å². The first kappa shape index (κ1) is 17.9. The number of hydrogen-bond acceptors (Lipinski definition) is 3. The van der Waals surface area contributed by atoms with Gasteiger partial charge in [-0.15, -0.1) is 0 Å². The third-order valence-corrected chi connectivity index (χ3v) is 5.14. The number of benzene rings is 1. The zero-order valence-electron chi connectivity index (χ0n) is 14.6. The van der Waals surface area contributed by atoms with Crippen molar-refractivity contribution in [1.82, 2.24) is 10.2 Å². The van der Waals surface area contributed by atoms with Gasteiger partial charge >= 0.3 is 0 Å². The summed E-state index contributed by atoms with van der Waals surface area (Å²) in [6, 6.07) is 5.49. The molecule has 1 saturated heterocycles. The molecule has 3 rings (SSSR count). The summed E-state index contributed by atoms with van der Waals surface area (Å²) in [6.45, 7) is 1.67. The molecule has 1 unspecified atom stereocenters. The van der Waals surface area contributed by atoms with Crippen LogP contribution in [0.3, 0.4) is 0 Å². The van der Waals surface area contributed by atoms with Crippen molar-refractivity contribution < 1.29 is 18.7 Å². The lowest BCUT2D eigenvalue weighted by Crippen LogP contribution is -2.51. The molecule has 1 aromatic carbocycles. The number of methoxy groups -OCH3 is 1.